The number of carbonyl (C=O) groups excluding carboxylic acids is 4. The smallest absolute Gasteiger partial charge is 0.295 e. The highest BCUT2D eigenvalue weighted by Crippen LogP contribution is 2.31. The number of rotatable bonds is 14. The van der Waals surface area contributed by atoms with Gasteiger partial charge >= 0.3 is 0 Å². The van der Waals surface area contributed by atoms with Gasteiger partial charge in [0.15, 0.2) is 0 Å². The number of halogens is 1. The lowest BCUT2D eigenvalue weighted by Gasteiger charge is -2.39. The molecule has 2 aromatic rings. The van der Waals surface area contributed by atoms with E-state index in [0.29, 0.717) is 48.6 Å². The molecule has 4 N–H and O–H groups in total. The minimum absolute atomic E-state index is 0.0364. The van der Waals surface area contributed by atoms with Crippen LogP contribution < -0.4 is 10.5 Å². The Bertz CT molecular complexity index is 1520. The summed E-state index contributed by atoms with van der Waals surface area (Å²) in [7, 11) is -4.39. The maximum Gasteiger partial charge on any atom is 0.295 e. The first-order valence-corrected chi connectivity index (χ1v) is 15.9. The van der Waals surface area contributed by atoms with E-state index in [-0.39, 0.29) is 56.0 Å². The molecule has 2 heterocycles. The molecule has 0 unspecified atom stereocenters. The Morgan fingerprint density at radius 1 is 1.23 bits per heavy atom. The Kier molecular flexibility index (Phi) is 10.8. The van der Waals surface area contributed by atoms with Crippen molar-refractivity contribution in [3.63, 3.8) is 0 Å². The van der Waals surface area contributed by atoms with E-state index >= 15 is 0 Å². The Hall–Kier alpha value is -3.34. The van der Waals surface area contributed by atoms with Gasteiger partial charge in [0.2, 0.25) is 21.8 Å². The van der Waals surface area contributed by atoms with E-state index < -0.39 is 39.5 Å². The molecule has 0 spiro atoms. The zero-order chi connectivity index (χ0) is 32.1. The van der Waals surface area contributed by atoms with Crippen molar-refractivity contribution in [1.82, 2.24) is 19.4 Å². The minimum Gasteiger partial charge on any atom is -0.432 e. The molecule has 0 radical (unpaired) electrons. The van der Waals surface area contributed by atoms with Crippen molar-refractivity contribution in [2.24, 2.45) is 5.73 Å². The van der Waals surface area contributed by atoms with Crippen LogP contribution in [-0.2, 0) is 45.1 Å². The molecule has 2 atom stereocenters. The van der Waals surface area contributed by atoms with Crippen molar-refractivity contribution in [3.8, 4) is 0 Å². The predicted molar refractivity (Wildman–Crippen MR) is 159 cm³/mol. The first-order chi connectivity index (χ1) is 20.9. The Morgan fingerprint density at radius 2 is 1.95 bits per heavy atom. The molecule has 2 saturated heterocycles. The van der Waals surface area contributed by atoms with Gasteiger partial charge in [0, 0.05) is 51.2 Å². The number of likely N-dealkylation sites (tertiary alicyclic amines) is 1. The number of carbonyl (C=O) groups is 4. The number of primary amides is 1. The monoisotopic (exact) mass is 653 g/mol. The minimum atomic E-state index is -4.39. The number of hydrogen-bond donors (Lipinski definition) is 3. The summed E-state index contributed by atoms with van der Waals surface area (Å²) in [6, 6.07) is 6.30. The van der Waals surface area contributed by atoms with E-state index in [1.54, 1.807) is 18.2 Å². The number of hydrogen-bond acceptors (Lipinski definition) is 10. The summed E-state index contributed by atoms with van der Waals surface area (Å²) < 4.78 is 40.2. The van der Waals surface area contributed by atoms with Crippen LogP contribution in [0.1, 0.15) is 18.9 Å². The van der Waals surface area contributed by atoms with Crippen LogP contribution in [0.15, 0.2) is 35.2 Å². The Balaban J connectivity index is 1.57. The highest BCUT2D eigenvalue weighted by molar-refractivity contribution is 7.89. The molecular weight excluding hydrogens is 618 g/mol. The maximum absolute atomic E-state index is 13.8. The average molecular weight is 654 g/mol. The van der Waals surface area contributed by atoms with Gasteiger partial charge in [0.25, 0.3) is 18.1 Å². The number of ether oxygens (including phenoxy) is 2. The molecule has 44 heavy (non-hydrogen) atoms. The lowest BCUT2D eigenvalue weighted by atomic mass is 10.0. The van der Waals surface area contributed by atoms with Crippen LogP contribution in [0.3, 0.4) is 0 Å². The van der Waals surface area contributed by atoms with Crippen LogP contribution in [0.2, 0.25) is 5.02 Å². The van der Waals surface area contributed by atoms with Crippen LogP contribution in [0.5, 0.6) is 0 Å². The maximum atomic E-state index is 13.8. The molecule has 2 aliphatic heterocycles. The number of aliphatic hydroxyl groups excluding tert-OH is 1. The largest absolute Gasteiger partial charge is 0.432 e. The van der Waals surface area contributed by atoms with E-state index in [1.165, 1.54) is 24.0 Å². The van der Waals surface area contributed by atoms with Crippen molar-refractivity contribution < 1.29 is 42.2 Å². The first kappa shape index (κ1) is 33.6. The standard InChI is InChI=1S/C28H36ClN5O9S/c1-28(43-18-36,27(39)33(10-13-35)9-8-32-11-14-42-15-12-32)34-7-6-23(26(34)38)31-44(40,41)24-5-2-19-16-20(29)3-4-21(19)22(24)17-25(30)37/h2-5,16,18,23,31,35H,6-15,17H2,1H3,(H2,30,37)/t23-,28-/m0/s1. The van der Waals surface area contributed by atoms with Gasteiger partial charge in [0.1, 0.15) is 6.04 Å². The third kappa shape index (κ3) is 7.30. The summed E-state index contributed by atoms with van der Waals surface area (Å²) in [5.74, 6) is -2.28. The normalized spacial score (nSPS) is 19.1. The molecule has 2 aromatic carbocycles. The summed E-state index contributed by atoms with van der Waals surface area (Å²) in [6.07, 6.45) is -0.421. The van der Waals surface area contributed by atoms with Crippen molar-refractivity contribution in [3.05, 3.63) is 40.9 Å². The number of sulfonamides is 1. The second-order valence-corrected chi connectivity index (χ2v) is 12.8. The molecule has 3 amide bonds. The summed E-state index contributed by atoms with van der Waals surface area (Å²) in [5, 5.41) is 11.1. The van der Waals surface area contributed by atoms with Gasteiger partial charge in [-0.05, 0) is 41.0 Å². The lowest BCUT2D eigenvalue weighted by molar-refractivity contribution is -0.188. The van der Waals surface area contributed by atoms with Crippen molar-refractivity contribution in [1.29, 1.82) is 0 Å². The molecule has 2 aliphatic rings. The van der Waals surface area contributed by atoms with E-state index in [9.17, 15) is 32.7 Å². The fourth-order valence-electron chi connectivity index (χ4n) is 5.56. The summed E-state index contributed by atoms with van der Waals surface area (Å²) in [5.41, 5.74) is 3.48. The molecule has 16 heteroatoms. The van der Waals surface area contributed by atoms with Gasteiger partial charge in [-0.25, -0.2) is 8.42 Å². The van der Waals surface area contributed by atoms with Crippen LogP contribution in [-0.4, -0.2) is 123 Å². The van der Waals surface area contributed by atoms with Crippen LogP contribution in [0, 0.1) is 0 Å². The summed E-state index contributed by atoms with van der Waals surface area (Å²) in [4.78, 5) is 55.0. The highest BCUT2D eigenvalue weighted by Gasteiger charge is 2.51. The predicted octanol–water partition coefficient (Wildman–Crippen LogP) is -0.557. The van der Waals surface area contributed by atoms with Crippen molar-refractivity contribution >= 4 is 56.6 Å². The number of aliphatic hydroxyl groups is 1. The average Bonchev–Trinajstić information content (AvgIpc) is 3.34. The molecule has 240 valence electrons. The summed E-state index contributed by atoms with van der Waals surface area (Å²) >= 11 is 6.08. The number of fused-ring (bicyclic) bond motifs is 1. The third-order valence-corrected chi connectivity index (χ3v) is 9.62. The number of benzene rings is 2. The number of morpholine rings is 1. The SMILES string of the molecule is C[C@](OC=O)(C(=O)N(CCO)CCN1CCOCC1)N1CC[C@H](NS(=O)(=O)c2ccc3cc(Cl)ccc3c2CC(N)=O)C1=O. The molecular formula is C28H36ClN5O9S. The van der Waals surface area contributed by atoms with Gasteiger partial charge in [0.05, 0.1) is 31.1 Å². The van der Waals surface area contributed by atoms with Gasteiger partial charge in [-0.3, -0.25) is 29.0 Å². The second-order valence-electron chi connectivity index (χ2n) is 10.7. The van der Waals surface area contributed by atoms with E-state index in [1.807, 2.05) is 0 Å². The van der Waals surface area contributed by atoms with Crippen LogP contribution >= 0.6 is 11.6 Å². The molecule has 0 bridgehead atoms. The number of nitrogens with zero attached hydrogens (tertiary/aromatic N) is 3. The molecule has 0 aliphatic carbocycles. The summed E-state index contributed by atoms with van der Waals surface area (Å²) in [6.45, 7) is 3.86. The Morgan fingerprint density at radius 3 is 2.61 bits per heavy atom. The Labute approximate surface area is 260 Å². The topological polar surface area (TPSA) is 189 Å². The lowest BCUT2D eigenvalue weighted by Crippen LogP contribution is -2.62. The third-order valence-electron chi connectivity index (χ3n) is 7.83. The fourth-order valence-corrected chi connectivity index (χ4v) is 7.21. The van der Waals surface area contributed by atoms with E-state index in [0.717, 1.165) is 4.90 Å². The van der Waals surface area contributed by atoms with Gasteiger partial charge in [-0.15, -0.1) is 0 Å². The number of amides is 3. The molecule has 2 fully saturated rings. The zero-order valence-corrected chi connectivity index (χ0v) is 25.8. The van der Waals surface area contributed by atoms with Crippen LogP contribution in [0.4, 0.5) is 0 Å². The second kappa shape index (κ2) is 14.2. The zero-order valence-electron chi connectivity index (χ0n) is 24.2. The number of nitrogens with one attached hydrogen (secondary N) is 1. The molecule has 0 saturated carbocycles. The molecule has 0 aromatic heterocycles. The van der Waals surface area contributed by atoms with Gasteiger partial charge in [-0.1, -0.05) is 23.7 Å². The highest BCUT2D eigenvalue weighted by atomic mass is 35.5. The molecule has 4 rings (SSSR count). The van der Waals surface area contributed by atoms with Crippen molar-refractivity contribution in [2.75, 3.05) is 59.1 Å². The van der Waals surface area contributed by atoms with Crippen LogP contribution in [0.25, 0.3) is 10.8 Å². The first-order valence-electron chi connectivity index (χ1n) is 14.1. The number of nitrogens with two attached hydrogens (primary N) is 1. The van der Waals surface area contributed by atoms with E-state index in [2.05, 4.69) is 9.62 Å². The van der Waals surface area contributed by atoms with E-state index in [4.69, 9.17) is 26.8 Å². The van der Waals surface area contributed by atoms with Crippen molar-refractivity contribution in [2.45, 2.75) is 36.4 Å². The molecule has 14 nitrogen and oxygen atoms in total. The fraction of sp³-hybridized carbons (Fsp3) is 0.500. The van der Waals surface area contributed by atoms with Gasteiger partial charge in [-0.2, -0.15) is 4.72 Å². The van der Waals surface area contributed by atoms with Gasteiger partial charge < -0.3 is 25.2 Å². The quantitative estimate of drug-likeness (QED) is 0.223.